The number of allylic oxidation sites excluding steroid dienone is 1. The van der Waals surface area contributed by atoms with Gasteiger partial charge in [-0.1, -0.05) is 24.5 Å². The van der Waals surface area contributed by atoms with Gasteiger partial charge in [-0.25, -0.2) is 0 Å². The highest BCUT2D eigenvalue weighted by molar-refractivity contribution is 6.05. The lowest BCUT2D eigenvalue weighted by Crippen LogP contribution is -2.13. The Kier molecular flexibility index (Phi) is 5.79. The average Bonchev–Trinajstić information content (AvgIpc) is 3.17. The Morgan fingerprint density at radius 2 is 1.81 bits per heavy atom. The van der Waals surface area contributed by atoms with Crippen LogP contribution in [0.15, 0.2) is 60.4 Å². The number of amides is 2. The number of aromatic nitrogens is 1. The molecular formula is C21H23N3O2. The van der Waals surface area contributed by atoms with Gasteiger partial charge in [0.1, 0.15) is 0 Å². The maximum atomic E-state index is 12.3. The Hall–Kier alpha value is -2.95. The van der Waals surface area contributed by atoms with E-state index in [0.29, 0.717) is 22.9 Å². The van der Waals surface area contributed by atoms with E-state index < -0.39 is 0 Å². The number of pyridine rings is 1. The Balaban J connectivity index is 1.62. The van der Waals surface area contributed by atoms with Crippen molar-refractivity contribution in [2.24, 2.45) is 5.92 Å². The number of nitrogens with zero attached hydrogens (tertiary/aromatic N) is 1. The van der Waals surface area contributed by atoms with Gasteiger partial charge in [0.15, 0.2) is 0 Å². The lowest BCUT2D eigenvalue weighted by molar-refractivity contribution is -0.112. The van der Waals surface area contributed by atoms with E-state index in [9.17, 15) is 9.59 Å². The van der Waals surface area contributed by atoms with Crippen LogP contribution in [0.5, 0.6) is 0 Å². The summed E-state index contributed by atoms with van der Waals surface area (Å²) < 4.78 is 0. The maximum absolute atomic E-state index is 12.3. The molecule has 0 atom stereocenters. The van der Waals surface area contributed by atoms with Gasteiger partial charge >= 0.3 is 0 Å². The molecule has 1 aromatic heterocycles. The minimum atomic E-state index is -0.237. The highest BCUT2D eigenvalue weighted by Crippen LogP contribution is 2.30. The van der Waals surface area contributed by atoms with Gasteiger partial charge in [-0.15, -0.1) is 0 Å². The molecule has 134 valence electrons. The van der Waals surface area contributed by atoms with E-state index in [1.807, 2.05) is 6.92 Å². The molecule has 1 aromatic carbocycles. The number of nitrogens with one attached hydrogen (secondary N) is 2. The van der Waals surface area contributed by atoms with Crippen molar-refractivity contribution in [1.82, 2.24) is 4.98 Å². The number of carbonyl (C=O) groups excluding carboxylic acids is 2. The predicted molar refractivity (Wildman–Crippen MR) is 103 cm³/mol. The largest absolute Gasteiger partial charge is 0.322 e. The zero-order valence-corrected chi connectivity index (χ0v) is 14.9. The fourth-order valence-electron chi connectivity index (χ4n) is 3.26. The number of benzene rings is 1. The van der Waals surface area contributed by atoms with Crippen LogP contribution in [0.25, 0.3) is 0 Å². The second kappa shape index (κ2) is 8.43. The van der Waals surface area contributed by atoms with Crippen LogP contribution in [0, 0.1) is 5.92 Å². The molecule has 0 radical (unpaired) electrons. The van der Waals surface area contributed by atoms with E-state index in [1.54, 1.807) is 48.7 Å². The van der Waals surface area contributed by atoms with Crippen LogP contribution in [0.4, 0.5) is 11.4 Å². The minimum absolute atomic E-state index is 0.134. The molecule has 1 saturated carbocycles. The third-order valence-electron chi connectivity index (χ3n) is 4.67. The smallest absolute Gasteiger partial charge is 0.257 e. The molecule has 1 fully saturated rings. The molecule has 2 amide bonds. The zero-order chi connectivity index (χ0) is 18.4. The summed E-state index contributed by atoms with van der Waals surface area (Å²) in [6.07, 6.45) is 9.66. The van der Waals surface area contributed by atoms with Crippen LogP contribution in [0.1, 0.15) is 43.0 Å². The van der Waals surface area contributed by atoms with Gasteiger partial charge in [0, 0.05) is 29.8 Å². The van der Waals surface area contributed by atoms with Crippen molar-refractivity contribution in [1.29, 1.82) is 0 Å². The summed E-state index contributed by atoms with van der Waals surface area (Å²) in [6, 6.07) is 10.5. The topological polar surface area (TPSA) is 71.1 Å². The molecule has 1 aliphatic carbocycles. The molecule has 1 aliphatic rings. The predicted octanol–water partition coefficient (Wildman–Crippen LogP) is 4.41. The Labute approximate surface area is 153 Å². The van der Waals surface area contributed by atoms with E-state index in [-0.39, 0.29) is 11.8 Å². The molecule has 0 spiro atoms. The minimum Gasteiger partial charge on any atom is -0.322 e. The maximum Gasteiger partial charge on any atom is 0.257 e. The summed E-state index contributed by atoms with van der Waals surface area (Å²) >= 11 is 0. The van der Waals surface area contributed by atoms with Crippen LogP contribution in [-0.4, -0.2) is 16.8 Å². The molecular weight excluding hydrogens is 326 g/mol. The number of hydrogen-bond donors (Lipinski definition) is 2. The monoisotopic (exact) mass is 349 g/mol. The summed E-state index contributed by atoms with van der Waals surface area (Å²) in [6.45, 7) is 2.03. The van der Waals surface area contributed by atoms with Crippen molar-refractivity contribution in [3.63, 3.8) is 0 Å². The molecule has 3 rings (SSSR count). The fourth-order valence-corrected chi connectivity index (χ4v) is 3.26. The highest BCUT2D eigenvalue weighted by Gasteiger charge is 2.17. The second-order valence-electron chi connectivity index (χ2n) is 6.64. The van der Waals surface area contributed by atoms with E-state index in [4.69, 9.17) is 0 Å². The number of rotatable bonds is 5. The normalized spacial score (nSPS) is 14.9. The molecule has 2 N–H and O–H groups in total. The SMILES string of the molecule is C/C(=C\C(=O)Nc1cccc(NC(=O)c2cccnc2)c1)C1CCCC1. The van der Waals surface area contributed by atoms with Gasteiger partial charge in [-0.05, 0) is 56.0 Å². The van der Waals surface area contributed by atoms with E-state index in [0.717, 1.165) is 5.57 Å². The quantitative estimate of drug-likeness (QED) is 0.786. The Morgan fingerprint density at radius 1 is 1.08 bits per heavy atom. The summed E-state index contributed by atoms with van der Waals surface area (Å²) in [7, 11) is 0. The van der Waals surface area contributed by atoms with Gasteiger partial charge in [-0.2, -0.15) is 0 Å². The Bertz CT molecular complexity index is 809. The van der Waals surface area contributed by atoms with Gasteiger partial charge in [-0.3, -0.25) is 14.6 Å². The first-order valence-electron chi connectivity index (χ1n) is 8.92. The van der Waals surface area contributed by atoms with Gasteiger partial charge < -0.3 is 10.6 Å². The number of anilines is 2. The molecule has 0 bridgehead atoms. The molecule has 1 heterocycles. The average molecular weight is 349 g/mol. The first kappa shape index (κ1) is 17.9. The van der Waals surface area contributed by atoms with Crippen LogP contribution in [0.3, 0.4) is 0 Å². The number of carbonyl (C=O) groups is 2. The molecule has 0 aliphatic heterocycles. The summed E-state index contributed by atoms with van der Waals surface area (Å²) in [5, 5.41) is 5.68. The van der Waals surface area contributed by atoms with Crippen molar-refractivity contribution < 1.29 is 9.59 Å². The van der Waals surface area contributed by atoms with Crippen LogP contribution in [0.2, 0.25) is 0 Å². The third-order valence-corrected chi connectivity index (χ3v) is 4.67. The lowest BCUT2D eigenvalue weighted by atomic mass is 9.99. The highest BCUT2D eigenvalue weighted by atomic mass is 16.2. The number of hydrogen-bond acceptors (Lipinski definition) is 3. The molecule has 0 unspecified atom stereocenters. The van der Waals surface area contributed by atoms with Crippen molar-refractivity contribution >= 4 is 23.2 Å². The molecule has 26 heavy (non-hydrogen) atoms. The van der Waals surface area contributed by atoms with Gasteiger partial charge in [0.05, 0.1) is 5.56 Å². The first-order chi connectivity index (χ1) is 12.6. The molecule has 5 heteroatoms. The fraction of sp³-hybridized carbons (Fsp3) is 0.286. The van der Waals surface area contributed by atoms with Crippen molar-refractivity contribution in [3.05, 3.63) is 66.0 Å². The summed E-state index contributed by atoms with van der Waals surface area (Å²) in [5.74, 6) is 0.162. The molecule has 0 saturated heterocycles. The van der Waals surface area contributed by atoms with Crippen molar-refractivity contribution in [3.8, 4) is 0 Å². The molecule has 5 nitrogen and oxygen atoms in total. The van der Waals surface area contributed by atoms with E-state index in [1.165, 1.54) is 31.9 Å². The summed E-state index contributed by atoms with van der Waals surface area (Å²) in [4.78, 5) is 28.4. The van der Waals surface area contributed by atoms with Crippen LogP contribution < -0.4 is 10.6 Å². The first-order valence-corrected chi connectivity index (χ1v) is 8.92. The van der Waals surface area contributed by atoms with Crippen molar-refractivity contribution in [2.75, 3.05) is 10.6 Å². The van der Waals surface area contributed by atoms with Crippen LogP contribution >= 0.6 is 0 Å². The van der Waals surface area contributed by atoms with Crippen LogP contribution in [-0.2, 0) is 4.79 Å². The van der Waals surface area contributed by atoms with E-state index in [2.05, 4.69) is 15.6 Å². The van der Waals surface area contributed by atoms with Gasteiger partial charge in [0.25, 0.3) is 5.91 Å². The standard InChI is InChI=1S/C21H23N3O2/c1-15(16-6-2-3-7-16)12-20(25)23-18-9-4-10-19(13-18)24-21(26)17-8-5-11-22-14-17/h4-5,8-14,16H,2-3,6-7H2,1H3,(H,23,25)(H,24,26)/b15-12+. The van der Waals surface area contributed by atoms with E-state index >= 15 is 0 Å². The second-order valence-corrected chi connectivity index (χ2v) is 6.64. The third kappa shape index (κ3) is 4.79. The lowest BCUT2D eigenvalue weighted by Gasteiger charge is -2.10. The molecule has 2 aromatic rings. The Morgan fingerprint density at radius 3 is 2.50 bits per heavy atom. The zero-order valence-electron chi connectivity index (χ0n) is 14.9. The van der Waals surface area contributed by atoms with Gasteiger partial charge in [0.2, 0.25) is 5.91 Å². The van der Waals surface area contributed by atoms with Crippen molar-refractivity contribution in [2.45, 2.75) is 32.6 Å². The summed E-state index contributed by atoms with van der Waals surface area (Å²) in [5.41, 5.74) is 2.89.